The molecule has 0 aromatic heterocycles. The molecule has 2 aromatic carbocycles. The van der Waals surface area contributed by atoms with E-state index in [-0.39, 0.29) is 5.78 Å². The second-order valence-electron chi connectivity index (χ2n) is 4.12. The zero-order chi connectivity index (χ0) is 13.1. The SMILES string of the molecule is Cc1ccc(C(=O)C(Cl)c2ccccc2)c(Cl)c1. The summed E-state index contributed by atoms with van der Waals surface area (Å²) in [7, 11) is 0. The quantitative estimate of drug-likeness (QED) is 0.582. The third-order valence-electron chi connectivity index (χ3n) is 2.71. The van der Waals surface area contributed by atoms with E-state index in [1.807, 2.05) is 43.3 Å². The van der Waals surface area contributed by atoms with E-state index in [4.69, 9.17) is 23.2 Å². The molecule has 1 unspecified atom stereocenters. The molecule has 0 heterocycles. The fraction of sp³-hybridized carbons (Fsp3) is 0.133. The molecule has 1 nitrogen and oxygen atoms in total. The van der Waals surface area contributed by atoms with E-state index in [2.05, 4.69) is 0 Å². The molecule has 1 atom stereocenters. The molecule has 0 spiro atoms. The lowest BCUT2D eigenvalue weighted by Gasteiger charge is -2.10. The van der Waals surface area contributed by atoms with Gasteiger partial charge in [0.15, 0.2) is 5.78 Å². The fourth-order valence-electron chi connectivity index (χ4n) is 1.73. The summed E-state index contributed by atoms with van der Waals surface area (Å²) in [6.07, 6.45) is 0. The molecule has 92 valence electrons. The van der Waals surface area contributed by atoms with Crippen LogP contribution in [-0.2, 0) is 0 Å². The van der Waals surface area contributed by atoms with Crippen molar-refractivity contribution in [2.75, 3.05) is 0 Å². The average Bonchev–Trinajstić information content (AvgIpc) is 2.38. The summed E-state index contributed by atoms with van der Waals surface area (Å²) in [5.74, 6) is -0.173. The maximum atomic E-state index is 12.3. The minimum atomic E-state index is -0.702. The predicted octanol–water partition coefficient (Wildman–Crippen LogP) is 4.81. The van der Waals surface area contributed by atoms with Crippen LogP contribution in [0.2, 0.25) is 5.02 Å². The Bertz CT molecular complexity index is 564. The summed E-state index contributed by atoms with van der Waals surface area (Å²) >= 11 is 12.3. The van der Waals surface area contributed by atoms with Crippen molar-refractivity contribution in [2.24, 2.45) is 0 Å². The first-order chi connectivity index (χ1) is 8.59. The molecule has 0 amide bonds. The number of carbonyl (C=O) groups is 1. The first-order valence-electron chi connectivity index (χ1n) is 5.59. The summed E-state index contributed by atoms with van der Waals surface area (Å²) in [5, 5.41) is -0.256. The lowest BCUT2D eigenvalue weighted by atomic mass is 10.0. The molecular formula is C15H12Cl2O. The van der Waals surface area contributed by atoms with Gasteiger partial charge in [-0.1, -0.05) is 48.0 Å². The third-order valence-corrected chi connectivity index (χ3v) is 3.48. The first kappa shape index (κ1) is 13.1. The number of rotatable bonds is 3. The molecule has 0 fully saturated rings. The van der Waals surface area contributed by atoms with E-state index in [1.165, 1.54) is 0 Å². The van der Waals surface area contributed by atoms with Gasteiger partial charge in [-0.15, -0.1) is 11.6 Å². The molecule has 18 heavy (non-hydrogen) atoms. The Labute approximate surface area is 116 Å². The summed E-state index contributed by atoms with van der Waals surface area (Å²) in [5.41, 5.74) is 2.26. The molecule has 0 saturated heterocycles. The third kappa shape index (κ3) is 2.74. The number of Topliss-reactive ketones (excluding diaryl/α,β-unsaturated/α-hetero) is 1. The molecule has 0 radical (unpaired) electrons. The van der Waals surface area contributed by atoms with Crippen molar-refractivity contribution in [1.82, 2.24) is 0 Å². The number of benzene rings is 2. The Hall–Kier alpha value is -1.31. The van der Waals surface area contributed by atoms with Crippen molar-refractivity contribution in [2.45, 2.75) is 12.3 Å². The van der Waals surface area contributed by atoms with E-state index in [0.29, 0.717) is 10.6 Å². The van der Waals surface area contributed by atoms with Crippen molar-refractivity contribution in [3.05, 3.63) is 70.2 Å². The fourth-order valence-corrected chi connectivity index (χ4v) is 2.32. The van der Waals surface area contributed by atoms with Gasteiger partial charge in [-0.3, -0.25) is 4.79 Å². The largest absolute Gasteiger partial charge is 0.292 e. The minimum Gasteiger partial charge on any atom is -0.292 e. The Morgan fingerprint density at radius 3 is 2.39 bits per heavy atom. The van der Waals surface area contributed by atoms with Gasteiger partial charge in [0.1, 0.15) is 5.38 Å². The molecule has 3 heteroatoms. The highest BCUT2D eigenvalue weighted by Gasteiger charge is 2.21. The molecule has 2 aromatic rings. The predicted molar refractivity (Wildman–Crippen MR) is 75.6 cm³/mol. The van der Waals surface area contributed by atoms with Crippen molar-refractivity contribution >= 4 is 29.0 Å². The molecule has 0 N–H and O–H groups in total. The number of aryl methyl sites for hydroxylation is 1. The lowest BCUT2D eigenvalue weighted by molar-refractivity contribution is 0.0987. The number of hydrogen-bond donors (Lipinski definition) is 0. The Kier molecular flexibility index (Phi) is 4.05. The Morgan fingerprint density at radius 1 is 1.11 bits per heavy atom. The van der Waals surface area contributed by atoms with E-state index in [0.717, 1.165) is 11.1 Å². The Morgan fingerprint density at radius 2 is 1.78 bits per heavy atom. The second-order valence-corrected chi connectivity index (χ2v) is 4.96. The minimum absolute atomic E-state index is 0.173. The Balaban J connectivity index is 2.32. The number of carbonyl (C=O) groups excluding carboxylic acids is 1. The van der Waals surface area contributed by atoms with Crippen LogP contribution in [0.15, 0.2) is 48.5 Å². The van der Waals surface area contributed by atoms with Gasteiger partial charge in [-0.25, -0.2) is 0 Å². The first-order valence-corrected chi connectivity index (χ1v) is 6.40. The highest BCUT2D eigenvalue weighted by atomic mass is 35.5. The van der Waals surface area contributed by atoms with Crippen molar-refractivity contribution < 1.29 is 4.79 Å². The standard InChI is InChI=1S/C15H12Cl2O/c1-10-7-8-12(13(16)9-10)15(18)14(17)11-5-3-2-4-6-11/h2-9,14H,1H3. The van der Waals surface area contributed by atoms with Crippen LogP contribution < -0.4 is 0 Å². The van der Waals surface area contributed by atoms with Gasteiger partial charge < -0.3 is 0 Å². The van der Waals surface area contributed by atoms with Crippen LogP contribution in [0.1, 0.15) is 26.9 Å². The van der Waals surface area contributed by atoms with Crippen molar-refractivity contribution in [1.29, 1.82) is 0 Å². The monoisotopic (exact) mass is 278 g/mol. The molecule has 0 saturated carbocycles. The highest BCUT2D eigenvalue weighted by molar-refractivity contribution is 6.38. The van der Waals surface area contributed by atoms with Crippen molar-refractivity contribution in [3.8, 4) is 0 Å². The maximum absolute atomic E-state index is 12.3. The smallest absolute Gasteiger partial charge is 0.186 e. The summed E-state index contributed by atoms with van der Waals surface area (Å²) < 4.78 is 0. The van der Waals surface area contributed by atoms with E-state index in [9.17, 15) is 4.79 Å². The average molecular weight is 279 g/mol. The maximum Gasteiger partial charge on any atom is 0.186 e. The molecule has 0 aliphatic rings. The summed E-state index contributed by atoms with van der Waals surface area (Å²) in [6, 6.07) is 14.6. The van der Waals surface area contributed by atoms with E-state index in [1.54, 1.807) is 12.1 Å². The van der Waals surface area contributed by atoms with Crippen molar-refractivity contribution in [3.63, 3.8) is 0 Å². The topological polar surface area (TPSA) is 17.1 Å². The van der Waals surface area contributed by atoms with Crippen LogP contribution >= 0.6 is 23.2 Å². The van der Waals surface area contributed by atoms with Crippen LogP contribution in [0.25, 0.3) is 0 Å². The van der Waals surface area contributed by atoms with Gasteiger partial charge >= 0.3 is 0 Å². The second kappa shape index (κ2) is 5.55. The van der Waals surface area contributed by atoms with E-state index < -0.39 is 5.38 Å². The molecular weight excluding hydrogens is 267 g/mol. The van der Waals surface area contributed by atoms with Gasteiger partial charge in [0.2, 0.25) is 0 Å². The van der Waals surface area contributed by atoms with Gasteiger partial charge in [-0.2, -0.15) is 0 Å². The van der Waals surface area contributed by atoms with Crippen LogP contribution in [0.4, 0.5) is 0 Å². The van der Waals surface area contributed by atoms with Crippen LogP contribution in [0, 0.1) is 6.92 Å². The molecule has 0 aliphatic heterocycles. The van der Waals surface area contributed by atoms with Crippen LogP contribution in [0.5, 0.6) is 0 Å². The summed E-state index contributed by atoms with van der Waals surface area (Å²) in [4.78, 5) is 12.3. The number of halogens is 2. The number of alkyl halides is 1. The number of ketones is 1. The normalized spacial score (nSPS) is 12.2. The summed E-state index contributed by atoms with van der Waals surface area (Å²) in [6.45, 7) is 1.93. The molecule has 0 bridgehead atoms. The molecule has 0 aliphatic carbocycles. The highest BCUT2D eigenvalue weighted by Crippen LogP contribution is 2.28. The van der Waals surface area contributed by atoms with Crippen LogP contribution in [-0.4, -0.2) is 5.78 Å². The van der Waals surface area contributed by atoms with E-state index >= 15 is 0 Å². The van der Waals surface area contributed by atoms with Crippen LogP contribution in [0.3, 0.4) is 0 Å². The van der Waals surface area contributed by atoms with Gasteiger partial charge in [0, 0.05) is 5.56 Å². The number of hydrogen-bond acceptors (Lipinski definition) is 1. The van der Waals surface area contributed by atoms with Gasteiger partial charge in [0.25, 0.3) is 0 Å². The molecule has 2 rings (SSSR count). The zero-order valence-corrected chi connectivity index (χ0v) is 11.4. The zero-order valence-electron chi connectivity index (χ0n) is 9.86. The van der Waals surface area contributed by atoms with Gasteiger partial charge in [-0.05, 0) is 30.2 Å². The van der Waals surface area contributed by atoms with Gasteiger partial charge in [0.05, 0.1) is 5.02 Å². The lowest BCUT2D eigenvalue weighted by Crippen LogP contribution is -2.08.